The molecule has 0 aromatic rings. The minimum absolute atomic E-state index is 0.0390. The van der Waals surface area contributed by atoms with Crippen LogP contribution in [0.4, 0.5) is 0 Å². The summed E-state index contributed by atoms with van der Waals surface area (Å²) in [6, 6.07) is 0.0390. The summed E-state index contributed by atoms with van der Waals surface area (Å²) in [5.41, 5.74) is 2.13. The SMILES string of the molecule is CCC(COCS)NO. The van der Waals surface area contributed by atoms with E-state index in [4.69, 9.17) is 9.94 Å². The van der Waals surface area contributed by atoms with Crippen molar-refractivity contribution in [3.63, 3.8) is 0 Å². The number of thiol groups is 1. The van der Waals surface area contributed by atoms with Gasteiger partial charge in [0.15, 0.2) is 0 Å². The highest BCUT2D eigenvalue weighted by atomic mass is 32.1. The molecule has 56 valence electrons. The molecule has 0 aliphatic heterocycles. The summed E-state index contributed by atoms with van der Waals surface area (Å²) in [6.07, 6.45) is 0.851. The van der Waals surface area contributed by atoms with Crippen LogP contribution in [0.3, 0.4) is 0 Å². The average molecular weight is 151 g/mol. The summed E-state index contributed by atoms with van der Waals surface area (Å²) >= 11 is 3.84. The summed E-state index contributed by atoms with van der Waals surface area (Å²) in [5.74, 6) is 0.401. The highest BCUT2D eigenvalue weighted by molar-refractivity contribution is 7.80. The minimum atomic E-state index is 0.0390. The summed E-state index contributed by atoms with van der Waals surface area (Å²) < 4.78 is 4.92. The van der Waals surface area contributed by atoms with Crippen molar-refractivity contribution in [2.75, 3.05) is 12.5 Å². The van der Waals surface area contributed by atoms with Crippen LogP contribution in [0.5, 0.6) is 0 Å². The molecule has 0 saturated heterocycles. The fourth-order valence-electron chi connectivity index (χ4n) is 0.441. The van der Waals surface area contributed by atoms with E-state index in [1.807, 2.05) is 6.92 Å². The van der Waals surface area contributed by atoms with E-state index < -0.39 is 0 Å². The fraction of sp³-hybridized carbons (Fsp3) is 1.00. The number of hydroxylamine groups is 1. The first kappa shape index (κ1) is 9.23. The highest BCUT2D eigenvalue weighted by Gasteiger charge is 2.01. The van der Waals surface area contributed by atoms with Gasteiger partial charge in [0.2, 0.25) is 0 Å². The van der Waals surface area contributed by atoms with Crippen LogP contribution < -0.4 is 5.48 Å². The Balaban J connectivity index is 3.09. The summed E-state index contributed by atoms with van der Waals surface area (Å²) in [4.78, 5) is 0. The summed E-state index contributed by atoms with van der Waals surface area (Å²) in [7, 11) is 0. The molecule has 2 N–H and O–H groups in total. The van der Waals surface area contributed by atoms with Gasteiger partial charge in [-0.1, -0.05) is 6.92 Å². The Morgan fingerprint density at radius 3 is 2.78 bits per heavy atom. The predicted molar refractivity (Wildman–Crippen MR) is 38.8 cm³/mol. The molecule has 0 heterocycles. The maximum absolute atomic E-state index is 8.40. The van der Waals surface area contributed by atoms with Crippen molar-refractivity contribution in [3.8, 4) is 0 Å². The quantitative estimate of drug-likeness (QED) is 0.307. The fourth-order valence-corrected chi connectivity index (χ4v) is 0.547. The van der Waals surface area contributed by atoms with E-state index >= 15 is 0 Å². The molecule has 0 aromatic carbocycles. The van der Waals surface area contributed by atoms with Crippen LogP contribution in [-0.2, 0) is 4.74 Å². The molecule has 0 fully saturated rings. The van der Waals surface area contributed by atoms with Crippen LogP contribution in [0, 0.1) is 0 Å². The zero-order valence-corrected chi connectivity index (χ0v) is 6.40. The molecule has 9 heavy (non-hydrogen) atoms. The molecule has 1 unspecified atom stereocenters. The molecule has 0 rings (SSSR count). The van der Waals surface area contributed by atoms with Crippen LogP contribution in [0.1, 0.15) is 13.3 Å². The first-order chi connectivity index (χ1) is 4.35. The summed E-state index contributed by atoms with van der Waals surface area (Å²) in [5, 5.41) is 8.40. The van der Waals surface area contributed by atoms with E-state index in [0.717, 1.165) is 6.42 Å². The van der Waals surface area contributed by atoms with Gasteiger partial charge in [0, 0.05) is 0 Å². The standard InChI is InChI=1S/C5H13NO2S/c1-2-5(6-7)3-8-4-9/h5-7,9H,2-4H2,1H3. The van der Waals surface area contributed by atoms with E-state index in [1.165, 1.54) is 0 Å². The van der Waals surface area contributed by atoms with E-state index in [9.17, 15) is 0 Å². The van der Waals surface area contributed by atoms with Crippen LogP contribution in [0.15, 0.2) is 0 Å². The zero-order chi connectivity index (χ0) is 7.11. The van der Waals surface area contributed by atoms with Crippen molar-refractivity contribution >= 4 is 12.6 Å². The highest BCUT2D eigenvalue weighted by Crippen LogP contribution is 1.90. The molecule has 0 radical (unpaired) electrons. The van der Waals surface area contributed by atoms with Gasteiger partial charge in [-0.2, -0.15) is 12.6 Å². The van der Waals surface area contributed by atoms with Crippen molar-refractivity contribution in [1.82, 2.24) is 5.48 Å². The Hall–Kier alpha value is 0.230. The lowest BCUT2D eigenvalue weighted by atomic mass is 10.3. The Kier molecular flexibility index (Phi) is 6.51. The van der Waals surface area contributed by atoms with E-state index in [2.05, 4.69) is 18.1 Å². The van der Waals surface area contributed by atoms with Gasteiger partial charge in [-0.3, -0.25) is 0 Å². The van der Waals surface area contributed by atoms with Crippen LogP contribution in [0.2, 0.25) is 0 Å². The second kappa shape index (κ2) is 6.35. The Labute approximate surface area is 60.8 Å². The zero-order valence-electron chi connectivity index (χ0n) is 5.50. The van der Waals surface area contributed by atoms with Crippen molar-refractivity contribution < 1.29 is 9.94 Å². The van der Waals surface area contributed by atoms with Crippen molar-refractivity contribution in [2.24, 2.45) is 0 Å². The van der Waals surface area contributed by atoms with Gasteiger partial charge in [-0.25, -0.2) is 5.48 Å². The molecule has 1 atom stereocenters. The molecule has 0 saturated carbocycles. The number of ether oxygens (including phenoxy) is 1. The van der Waals surface area contributed by atoms with Crippen LogP contribution in [-0.4, -0.2) is 23.8 Å². The van der Waals surface area contributed by atoms with E-state index in [-0.39, 0.29) is 6.04 Å². The van der Waals surface area contributed by atoms with Crippen molar-refractivity contribution in [2.45, 2.75) is 19.4 Å². The summed E-state index contributed by atoms with van der Waals surface area (Å²) in [6.45, 7) is 2.48. The van der Waals surface area contributed by atoms with Crippen molar-refractivity contribution in [3.05, 3.63) is 0 Å². The first-order valence-corrected chi connectivity index (χ1v) is 3.56. The normalized spacial score (nSPS) is 13.7. The van der Waals surface area contributed by atoms with Gasteiger partial charge >= 0.3 is 0 Å². The molecule has 0 aromatic heterocycles. The third kappa shape index (κ3) is 4.72. The van der Waals surface area contributed by atoms with E-state index in [0.29, 0.717) is 12.5 Å². The third-order valence-corrected chi connectivity index (χ3v) is 1.27. The van der Waals surface area contributed by atoms with E-state index in [1.54, 1.807) is 0 Å². The monoisotopic (exact) mass is 151 g/mol. The van der Waals surface area contributed by atoms with Gasteiger partial charge < -0.3 is 9.94 Å². The topological polar surface area (TPSA) is 41.5 Å². The molecule has 0 aliphatic rings. The predicted octanol–water partition coefficient (Wildman–Crippen LogP) is 0.648. The molecular formula is C5H13NO2S. The first-order valence-electron chi connectivity index (χ1n) is 2.93. The number of hydrogen-bond donors (Lipinski definition) is 3. The molecular weight excluding hydrogens is 138 g/mol. The van der Waals surface area contributed by atoms with Crippen molar-refractivity contribution in [1.29, 1.82) is 0 Å². The van der Waals surface area contributed by atoms with Gasteiger partial charge in [-0.15, -0.1) is 0 Å². The maximum atomic E-state index is 8.40. The van der Waals surface area contributed by atoms with Gasteiger partial charge in [-0.05, 0) is 6.42 Å². The van der Waals surface area contributed by atoms with Gasteiger partial charge in [0.25, 0.3) is 0 Å². The Bertz CT molecular complexity index is 58.9. The molecule has 0 bridgehead atoms. The Morgan fingerprint density at radius 2 is 2.44 bits per heavy atom. The lowest BCUT2D eigenvalue weighted by Crippen LogP contribution is -2.29. The second-order valence-electron chi connectivity index (χ2n) is 1.73. The minimum Gasteiger partial charge on any atom is -0.369 e. The molecule has 0 spiro atoms. The maximum Gasteiger partial charge on any atom is 0.0893 e. The largest absolute Gasteiger partial charge is 0.369 e. The number of rotatable bonds is 5. The Morgan fingerprint density at radius 1 is 1.78 bits per heavy atom. The lowest BCUT2D eigenvalue weighted by molar-refractivity contribution is 0.0653. The van der Waals surface area contributed by atoms with Gasteiger partial charge in [0.1, 0.15) is 0 Å². The smallest absolute Gasteiger partial charge is 0.0893 e. The number of hydrogen-bond acceptors (Lipinski definition) is 4. The number of nitrogens with one attached hydrogen (secondary N) is 1. The molecule has 3 nitrogen and oxygen atoms in total. The lowest BCUT2D eigenvalue weighted by Gasteiger charge is -2.10. The van der Waals surface area contributed by atoms with Crippen LogP contribution in [0.25, 0.3) is 0 Å². The van der Waals surface area contributed by atoms with Crippen LogP contribution >= 0.6 is 12.6 Å². The molecule has 4 heteroatoms. The molecule has 0 aliphatic carbocycles. The third-order valence-electron chi connectivity index (χ3n) is 1.09. The average Bonchev–Trinajstić information content (AvgIpc) is 1.91. The van der Waals surface area contributed by atoms with Gasteiger partial charge in [0.05, 0.1) is 18.6 Å². The molecule has 0 amide bonds. The second-order valence-corrected chi connectivity index (χ2v) is 1.99.